The molecule has 18 heavy (non-hydrogen) atoms. The van der Waals surface area contributed by atoms with Crippen LogP contribution in [0.3, 0.4) is 0 Å². The maximum absolute atomic E-state index is 12.0. The largest absolute Gasteiger partial charge is 0.339 e. The third kappa shape index (κ3) is 3.98. The van der Waals surface area contributed by atoms with Gasteiger partial charge in [-0.3, -0.25) is 10.0 Å². The number of hydrogen-bond acceptors (Lipinski definition) is 2. The van der Waals surface area contributed by atoms with Crippen molar-refractivity contribution >= 4 is 21.8 Å². The van der Waals surface area contributed by atoms with E-state index in [1.807, 2.05) is 27.7 Å². The number of carbonyl (C=O) groups excluding carboxylic acids is 1. The van der Waals surface area contributed by atoms with Gasteiger partial charge in [-0.2, -0.15) is 0 Å². The second-order valence-electron chi connectivity index (χ2n) is 3.48. The summed E-state index contributed by atoms with van der Waals surface area (Å²) in [5.41, 5.74) is 1.14. The van der Waals surface area contributed by atoms with Crippen molar-refractivity contribution in [2.75, 3.05) is 13.1 Å². The van der Waals surface area contributed by atoms with Gasteiger partial charge in [0.1, 0.15) is 5.56 Å². The Hall–Kier alpha value is -1.10. The smallest absolute Gasteiger partial charge is 0.260 e. The summed E-state index contributed by atoms with van der Waals surface area (Å²) in [5.74, 6) is -0.0755. The van der Waals surface area contributed by atoms with Gasteiger partial charge in [-0.1, -0.05) is 13.8 Å². The van der Waals surface area contributed by atoms with Gasteiger partial charge in [-0.25, -0.2) is 0 Å². The van der Waals surface area contributed by atoms with E-state index < -0.39 is 0 Å². The zero-order chi connectivity index (χ0) is 14.3. The Balaban J connectivity index is 0.00000137. The van der Waals surface area contributed by atoms with Crippen molar-refractivity contribution in [1.82, 2.24) is 4.90 Å². The molecule has 0 fully saturated rings. The number of rotatable bonds is 3. The number of amides is 1. The van der Waals surface area contributed by atoms with E-state index in [1.165, 1.54) is 6.20 Å². The number of pyridine rings is 1. The summed E-state index contributed by atoms with van der Waals surface area (Å²) in [6.07, 6.45) is 1.43. The average Bonchev–Trinajstić information content (AvgIpc) is 2.39. The van der Waals surface area contributed by atoms with Crippen molar-refractivity contribution < 1.29 is 14.7 Å². The first-order valence-electron chi connectivity index (χ1n) is 6.21. The van der Waals surface area contributed by atoms with Gasteiger partial charge in [-0.05, 0) is 35.8 Å². The lowest BCUT2D eigenvalue weighted by Gasteiger charge is -2.17. The first-order valence-corrected chi connectivity index (χ1v) is 7.00. The summed E-state index contributed by atoms with van der Waals surface area (Å²) in [6.45, 7) is 10.9. The summed E-state index contributed by atoms with van der Waals surface area (Å²) < 4.78 is 1.67. The van der Waals surface area contributed by atoms with Crippen LogP contribution in [-0.4, -0.2) is 29.1 Å². The monoisotopic (exact) mass is 317 g/mol. The van der Waals surface area contributed by atoms with Crippen molar-refractivity contribution in [1.29, 1.82) is 0 Å². The molecule has 0 aliphatic carbocycles. The minimum absolute atomic E-state index is 0.0755. The maximum atomic E-state index is 12.0. The van der Waals surface area contributed by atoms with Gasteiger partial charge in [0.05, 0.1) is 4.47 Å². The van der Waals surface area contributed by atoms with Crippen molar-refractivity contribution in [3.05, 3.63) is 28.0 Å². The van der Waals surface area contributed by atoms with E-state index in [1.54, 1.807) is 17.9 Å². The van der Waals surface area contributed by atoms with Crippen LogP contribution in [0.4, 0.5) is 0 Å². The topological polar surface area (TPSA) is 44.4 Å². The van der Waals surface area contributed by atoms with Gasteiger partial charge in [0, 0.05) is 24.7 Å². The highest BCUT2D eigenvalue weighted by molar-refractivity contribution is 9.10. The van der Waals surface area contributed by atoms with Crippen LogP contribution in [0.25, 0.3) is 0 Å². The van der Waals surface area contributed by atoms with E-state index in [4.69, 9.17) is 0 Å². The molecule has 0 atom stereocenters. The minimum Gasteiger partial charge on any atom is -0.339 e. The molecule has 1 aromatic heterocycles. The van der Waals surface area contributed by atoms with Gasteiger partial charge in [-0.15, -0.1) is 0 Å². The van der Waals surface area contributed by atoms with Gasteiger partial charge in [0.25, 0.3) is 5.91 Å². The highest BCUT2D eigenvalue weighted by Crippen LogP contribution is 2.14. The normalized spacial score (nSPS) is 9.44. The van der Waals surface area contributed by atoms with Crippen molar-refractivity contribution in [2.24, 2.45) is 0 Å². The zero-order valence-corrected chi connectivity index (χ0v) is 13.3. The summed E-state index contributed by atoms with van der Waals surface area (Å²) in [7, 11) is 0. The average molecular weight is 318 g/mol. The molecule has 0 aliphatic rings. The fourth-order valence-corrected chi connectivity index (χ4v) is 1.85. The zero-order valence-electron chi connectivity index (χ0n) is 11.7. The Morgan fingerprint density at radius 1 is 1.39 bits per heavy atom. The highest BCUT2D eigenvalue weighted by atomic mass is 79.9. The molecule has 0 spiro atoms. The lowest BCUT2D eigenvalue weighted by atomic mass is 10.2. The van der Waals surface area contributed by atoms with Crippen molar-refractivity contribution in [2.45, 2.75) is 34.6 Å². The van der Waals surface area contributed by atoms with Crippen LogP contribution in [0.1, 0.15) is 43.7 Å². The quantitative estimate of drug-likeness (QED) is 0.688. The summed E-state index contributed by atoms with van der Waals surface area (Å²) in [5, 5.41) is 9.57. The predicted molar refractivity (Wildman–Crippen MR) is 74.9 cm³/mol. The third-order valence-corrected chi connectivity index (χ3v) is 3.33. The van der Waals surface area contributed by atoms with E-state index >= 15 is 0 Å². The Bertz CT molecular complexity index is 381. The molecule has 1 heterocycles. The summed E-state index contributed by atoms with van der Waals surface area (Å²) in [6, 6.07) is 1.72. The van der Waals surface area contributed by atoms with Crippen LogP contribution in [0.5, 0.6) is 0 Å². The Kier molecular flexibility index (Phi) is 7.59. The number of carbonyl (C=O) groups is 1. The first kappa shape index (κ1) is 16.9. The molecule has 1 rings (SSSR count). The maximum Gasteiger partial charge on any atom is 0.260 e. The third-order valence-electron chi connectivity index (χ3n) is 2.53. The van der Waals surface area contributed by atoms with Crippen LogP contribution in [0, 0.1) is 6.92 Å². The molecule has 1 aromatic rings. The summed E-state index contributed by atoms with van der Waals surface area (Å²) >= 11 is 3.31. The number of aromatic nitrogens is 1. The SMILES string of the molecule is CC.CCN(CC)C(=O)c1cc(Br)c(C)[n+](O)c1. The van der Waals surface area contributed by atoms with E-state index in [2.05, 4.69) is 15.9 Å². The number of hydrogen-bond donors (Lipinski definition) is 1. The van der Waals surface area contributed by atoms with Crippen LogP contribution in [-0.2, 0) is 0 Å². The molecule has 4 nitrogen and oxygen atoms in total. The van der Waals surface area contributed by atoms with Crippen molar-refractivity contribution in [3.8, 4) is 0 Å². The molecular formula is C13H22BrN2O2+. The second-order valence-corrected chi connectivity index (χ2v) is 4.34. The molecule has 1 amide bonds. The van der Waals surface area contributed by atoms with Crippen LogP contribution < -0.4 is 4.73 Å². The van der Waals surface area contributed by atoms with Crippen LogP contribution >= 0.6 is 15.9 Å². The van der Waals surface area contributed by atoms with Crippen LogP contribution in [0.2, 0.25) is 0 Å². The molecule has 1 N–H and O–H groups in total. The lowest BCUT2D eigenvalue weighted by molar-refractivity contribution is -0.909. The van der Waals surface area contributed by atoms with Gasteiger partial charge >= 0.3 is 0 Å². The standard InChI is InChI=1S/C11H16BrN2O2.C2H6/c1-4-13(5-2)11(15)9-6-10(12)8(3)14(16)7-9;1-2/h6-7,16H,4-5H2,1-3H3;1-2H3/q+1;. The predicted octanol–water partition coefficient (Wildman–Crippen LogP) is 2.79. The molecule has 0 bridgehead atoms. The Morgan fingerprint density at radius 3 is 2.28 bits per heavy atom. The molecule has 0 unspecified atom stereocenters. The second kappa shape index (κ2) is 8.08. The fraction of sp³-hybridized carbons (Fsp3) is 0.538. The fourth-order valence-electron chi connectivity index (χ4n) is 1.43. The molecule has 0 radical (unpaired) electrons. The Morgan fingerprint density at radius 2 is 1.89 bits per heavy atom. The van der Waals surface area contributed by atoms with Gasteiger partial charge in [0.2, 0.25) is 11.9 Å². The number of halogens is 1. The van der Waals surface area contributed by atoms with E-state index in [0.29, 0.717) is 28.8 Å². The van der Waals surface area contributed by atoms with Crippen LogP contribution in [0.15, 0.2) is 16.7 Å². The van der Waals surface area contributed by atoms with Crippen molar-refractivity contribution in [3.63, 3.8) is 0 Å². The Labute approximate surface area is 117 Å². The molecule has 0 saturated carbocycles. The summed E-state index contributed by atoms with van der Waals surface area (Å²) in [4.78, 5) is 13.7. The van der Waals surface area contributed by atoms with E-state index in [0.717, 1.165) is 4.73 Å². The van der Waals surface area contributed by atoms with E-state index in [-0.39, 0.29) is 5.91 Å². The number of nitrogens with zero attached hydrogens (tertiary/aromatic N) is 2. The van der Waals surface area contributed by atoms with Gasteiger partial charge < -0.3 is 4.90 Å². The molecule has 0 aliphatic heterocycles. The van der Waals surface area contributed by atoms with E-state index in [9.17, 15) is 10.0 Å². The molecule has 0 saturated heterocycles. The molecule has 0 aromatic carbocycles. The highest BCUT2D eigenvalue weighted by Gasteiger charge is 2.20. The first-order chi connectivity index (χ1) is 8.51. The van der Waals surface area contributed by atoms with Gasteiger partial charge in [0.15, 0.2) is 0 Å². The molecule has 102 valence electrons. The molecular weight excluding hydrogens is 296 g/mol. The molecule has 5 heteroatoms. The lowest BCUT2D eigenvalue weighted by Crippen LogP contribution is -2.37. The minimum atomic E-state index is -0.0755.